The maximum absolute atomic E-state index is 13.4. The number of hydrogen-bond acceptors (Lipinski definition) is 5. The van der Waals surface area contributed by atoms with Crippen LogP contribution in [-0.2, 0) is 11.3 Å². The molecule has 8 heteroatoms. The molecular weight excluding hydrogens is 502 g/mol. The Morgan fingerprint density at radius 3 is 2.38 bits per heavy atom. The average Bonchev–Trinajstić information content (AvgIpc) is 2.86. The van der Waals surface area contributed by atoms with E-state index in [1.807, 2.05) is 49.4 Å². The molecule has 3 aromatic carbocycles. The molecule has 3 rings (SSSR count). The molecule has 0 saturated carbocycles. The number of aromatic carboxylic acids is 1. The number of benzene rings is 3. The van der Waals surface area contributed by atoms with Crippen molar-refractivity contribution in [1.29, 1.82) is 0 Å². The first-order chi connectivity index (χ1) is 16.3. The molecule has 1 N–H and O–H groups in total. The number of amides is 1. The summed E-state index contributed by atoms with van der Waals surface area (Å²) in [6, 6.07) is 19.5. The van der Waals surface area contributed by atoms with Crippen molar-refractivity contribution < 1.29 is 28.9 Å². The molecule has 0 spiro atoms. The lowest BCUT2D eigenvalue weighted by atomic mass is 10.1. The molecule has 178 valence electrons. The van der Waals surface area contributed by atoms with Gasteiger partial charge in [0.1, 0.15) is 22.8 Å². The van der Waals surface area contributed by atoms with Crippen LogP contribution in [0.25, 0.3) is 0 Å². The van der Waals surface area contributed by atoms with Gasteiger partial charge in [-0.15, -0.1) is 0 Å². The van der Waals surface area contributed by atoms with Gasteiger partial charge in [0.05, 0.1) is 31.3 Å². The summed E-state index contributed by atoms with van der Waals surface area (Å²) in [5.74, 6) is -0.0921. The van der Waals surface area contributed by atoms with Gasteiger partial charge in [-0.05, 0) is 52.7 Å². The molecule has 0 aliphatic carbocycles. The first-order valence-electron chi connectivity index (χ1n) is 10.6. The van der Waals surface area contributed by atoms with Gasteiger partial charge in [-0.25, -0.2) is 4.79 Å². The van der Waals surface area contributed by atoms with Gasteiger partial charge >= 0.3 is 5.97 Å². The molecule has 0 aromatic heterocycles. The number of carbonyl (C=O) groups is 2. The van der Waals surface area contributed by atoms with E-state index in [-0.39, 0.29) is 36.4 Å². The van der Waals surface area contributed by atoms with Gasteiger partial charge in [-0.2, -0.15) is 0 Å². The molecular formula is C26H26BrNO6. The zero-order valence-electron chi connectivity index (χ0n) is 19.2. The Balaban J connectivity index is 1.90. The molecule has 0 aliphatic rings. The minimum atomic E-state index is -1.14. The number of hydrogen-bond donors (Lipinski definition) is 1. The van der Waals surface area contributed by atoms with Crippen LogP contribution in [0.15, 0.2) is 71.2 Å². The third kappa shape index (κ3) is 5.88. The minimum Gasteiger partial charge on any atom is -0.497 e. The fraction of sp³-hybridized carbons (Fsp3) is 0.231. The zero-order valence-corrected chi connectivity index (χ0v) is 20.7. The Morgan fingerprint density at radius 1 is 1.00 bits per heavy atom. The molecule has 0 unspecified atom stereocenters. The van der Waals surface area contributed by atoms with Gasteiger partial charge in [-0.3, -0.25) is 4.79 Å². The molecule has 0 radical (unpaired) electrons. The summed E-state index contributed by atoms with van der Waals surface area (Å²) in [5, 5.41) is 9.48. The molecule has 0 heterocycles. The second-order valence-corrected chi connectivity index (χ2v) is 8.35. The van der Waals surface area contributed by atoms with Crippen LogP contribution in [-0.4, -0.2) is 42.7 Å². The number of rotatable bonds is 10. The third-order valence-corrected chi connectivity index (χ3v) is 6.07. The van der Waals surface area contributed by atoms with Crippen molar-refractivity contribution >= 4 is 27.8 Å². The number of ether oxygens (including phenoxy) is 3. The van der Waals surface area contributed by atoms with Crippen LogP contribution in [0.5, 0.6) is 17.2 Å². The Bertz CT molecular complexity index is 1150. The number of carboxylic acids is 1. The molecule has 0 fully saturated rings. The molecule has 1 amide bonds. The van der Waals surface area contributed by atoms with Gasteiger partial charge < -0.3 is 24.2 Å². The second-order valence-electron chi connectivity index (χ2n) is 7.50. The van der Waals surface area contributed by atoms with E-state index >= 15 is 0 Å². The lowest BCUT2D eigenvalue weighted by molar-refractivity contribution is -0.136. The van der Waals surface area contributed by atoms with E-state index in [2.05, 4.69) is 15.9 Å². The van der Waals surface area contributed by atoms with Crippen molar-refractivity contribution in [2.24, 2.45) is 0 Å². The van der Waals surface area contributed by atoms with Crippen LogP contribution in [0.2, 0.25) is 0 Å². The van der Waals surface area contributed by atoms with E-state index in [1.54, 1.807) is 37.3 Å². The largest absolute Gasteiger partial charge is 0.497 e. The van der Waals surface area contributed by atoms with E-state index in [9.17, 15) is 14.7 Å². The van der Waals surface area contributed by atoms with Gasteiger partial charge in [0.2, 0.25) is 0 Å². The minimum absolute atomic E-state index is 0.0262. The smallest absolute Gasteiger partial charge is 0.339 e. The van der Waals surface area contributed by atoms with Gasteiger partial charge in [0.15, 0.2) is 6.61 Å². The quantitative estimate of drug-likeness (QED) is 0.383. The summed E-state index contributed by atoms with van der Waals surface area (Å²) in [6.07, 6.45) is 0. The van der Waals surface area contributed by atoms with E-state index in [0.717, 1.165) is 11.1 Å². The molecule has 34 heavy (non-hydrogen) atoms. The molecule has 3 aromatic rings. The van der Waals surface area contributed by atoms with Crippen LogP contribution in [0, 0.1) is 0 Å². The van der Waals surface area contributed by atoms with Crippen LogP contribution in [0.1, 0.15) is 34.5 Å². The fourth-order valence-electron chi connectivity index (χ4n) is 3.56. The first kappa shape index (κ1) is 25.1. The van der Waals surface area contributed by atoms with Crippen molar-refractivity contribution in [3.63, 3.8) is 0 Å². The summed E-state index contributed by atoms with van der Waals surface area (Å²) in [5.41, 5.74) is 1.73. The van der Waals surface area contributed by atoms with Gasteiger partial charge in [0.25, 0.3) is 5.91 Å². The molecule has 1 atom stereocenters. The van der Waals surface area contributed by atoms with Crippen LogP contribution >= 0.6 is 15.9 Å². The van der Waals surface area contributed by atoms with Crippen molar-refractivity contribution in [2.75, 3.05) is 20.8 Å². The summed E-state index contributed by atoms with van der Waals surface area (Å²) in [6.45, 7) is 1.86. The van der Waals surface area contributed by atoms with Gasteiger partial charge in [-0.1, -0.05) is 36.4 Å². The predicted molar refractivity (Wildman–Crippen MR) is 132 cm³/mol. The summed E-state index contributed by atoms with van der Waals surface area (Å²) < 4.78 is 17.0. The summed E-state index contributed by atoms with van der Waals surface area (Å²) >= 11 is 3.31. The first-order valence-corrected chi connectivity index (χ1v) is 11.3. The van der Waals surface area contributed by atoms with E-state index < -0.39 is 5.97 Å². The highest BCUT2D eigenvalue weighted by molar-refractivity contribution is 9.10. The Hall–Kier alpha value is -3.52. The monoisotopic (exact) mass is 527 g/mol. The Morgan fingerprint density at radius 2 is 1.74 bits per heavy atom. The number of carboxylic acid groups (broad SMARTS) is 1. The van der Waals surface area contributed by atoms with Crippen molar-refractivity contribution in [2.45, 2.75) is 19.5 Å². The number of para-hydroxylation sites is 1. The zero-order chi connectivity index (χ0) is 24.7. The number of carbonyl (C=O) groups excluding carboxylic acids is 1. The predicted octanol–water partition coefficient (Wildman–Crippen LogP) is 5.33. The molecule has 0 aliphatic heterocycles. The number of halogens is 1. The van der Waals surface area contributed by atoms with Gasteiger partial charge in [0, 0.05) is 11.6 Å². The Kier molecular flexibility index (Phi) is 8.54. The number of nitrogens with zero attached hydrogens (tertiary/aromatic N) is 1. The topological polar surface area (TPSA) is 85.3 Å². The van der Waals surface area contributed by atoms with Crippen molar-refractivity contribution in [3.05, 3.63) is 87.9 Å². The second kappa shape index (κ2) is 11.6. The third-order valence-electron chi connectivity index (χ3n) is 5.44. The Labute approximate surface area is 207 Å². The van der Waals surface area contributed by atoms with Crippen molar-refractivity contribution in [1.82, 2.24) is 4.90 Å². The molecule has 0 bridgehead atoms. The highest BCUT2D eigenvalue weighted by Crippen LogP contribution is 2.31. The average molecular weight is 528 g/mol. The van der Waals surface area contributed by atoms with Crippen molar-refractivity contribution in [3.8, 4) is 17.2 Å². The lowest BCUT2D eigenvalue weighted by Crippen LogP contribution is -2.36. The fourth-order valence-corrected chi connectivity index (χ4v) is 4.04. The summed E-state index contributed by atoms with van der Waals surface area (Å²) in [4.78, 5) is 26.7. The SMILES string of the molecule is COc1ccc(CN(C(=O)COc2c(Br)cccc2C(=O)O)[C@H](C)c2ccccc2)c(OC)c1. The van der Waals surface area contributed by atoms with E-state index in [0.29, 0.717) is 16.0 Å². The van der Waals surface area contributed by atoms with Crippen LogP contribution < -0.4 is 14.2 Å². The summed E-state index contributed by atoms with van der Waals surface area (Å²) in [7, 11) is 3.14. The number of methoxy groups -OCH3 is 2. The highest BCUT2D eigenvalue weighted by Gasteiger charge is 2.25. The van der Waals surface area contributed by atoms with Crippen LogP contribution in [0.3, 0.4) is 0 Å². The molecule has 7 nitrogen and oxygen atoms in total. The lowest BCUT2D eigenvalue weighted by Gasteiger charge is -2.30. The normalized spacial score (nSPS) is 11.4. The van der Waals surface area contributed by atoms with E-state index in [1.165, 1.54) is 6.07 Å². The van der Waals surface area contributed by atoms with E-state index in [4.69, 9.17) is 14.2 Å². The molecule has 0 saturated heterocycles. The maximum Gasteiger partial charge on any atom is 0.339 e. The standard InChI is InChI=1S/C26H26BrNO6/c1-17(18-8-5-4-6-9-18)28(15-19-12-13-20(32-2)14-23(19)33-3)24(29)16-34-25-21(26(30)31)10-7-11-22(25)27/h4-14,17H,15-16H2,1-3H3,(H,30,31)/t17-/m1/s1. The maximum atomic E-state index is 13.4. The van der Waals surface area contributed by atoms with Crippen LogP contribution in [0.4, 0.5) is 0 Å². The highest BCUT2D eigenvalue weighted by atomic mass is 79.9.